The minimum absolute atomic E-state index is 0.137. The lowest BCUT2D eigenvalue weighted by Crippen LogP contribution is -2.14. The Hall–Kier alpha value is -1.42. The minimum Gasteiger partial charge on any atom is -0.465 e. The van der Waals surface area contributed by atoms with Gasteiger partial charge < -0.3 is 4.74 Å². The van der Waals surface area contributed by atoms with Crippen LogP contribution in [0.5, 0.6) is 0 Å². The summed E-state index contributed by atoms with van der Waals surface area (Å²) in [5.41, 5.74) is 0.783. The molecule has 0 fully saturated rings. The van der Waals surface area contributed by atoms with Gasteiger partial charge in [0.25, 0.3) is 0 Å². The van der Waals surface area contributed by atoms with Crippen molar-refractivity contribution < 1.29 is 13.7 Å². The molecule has 86 valence electrons. The van der Waals surface area contributed by atoms with Gasteiger partial charge in [-0.25, -0.2) is 0 Å². The number of esters is 1. The maximum absolute atomic E-state index is 11.7. The van der Waals surface area contributed by atoms with Gasteiger partial charge in [0.2, 0.25) is 0 Å². The smallest absolute Gasteiger partial charge is 0.318 e. The molecule has 0 heterocycles. The normalized spacial score (nSPS) is 11.8. The van der Waals surface area contributed by atoms with Gasteiger partial charge in [0.05, 0.1) is 17.4 Å². The van der Waals surface area contributed by atoms with Crippen molar-refractivity contribution in [3.05, 3.63) is 42.5 Å². The van der Waals surface area contributed by atoms with E-state index in [4.69, 9.17) is 4.74 Å². The molecule has 0 aliphatic rings. The third kappa shape index (κ3) is 3.62. The Morgan fingerprint density at radius 1 is 1.38 bits per heavy atom. The molecule has 0 saturated carbocycles. The molecule has 0 unspecified atom stereocenters. The minimum atomic E-state index is -1.42. The Morgan fingerprint density at radius 2 is 2.00 bits per heavy atom. The van der Waals surface area contributed by atoms with E-state index < -0.39 is 16.8 Å². The molecule has 4 heteroatoms. The zero-order chi connectivity index (χ0) is 12.0. The Balaban J connectivity index is 2.62. The topological polar surface area (TPSA) is 43.4 Å². The molecule has 0 bridgehead atoms. The molecule has 1 aromatic carbocycles. The Bertz CT molecular complexity index is 398. The van der Waals surface area contributed by atoms with Gasteiger partial charge in [-0.3, -0.25) is 9.00 Å². The molecule has 16 heavy (non-hydrogen) atoms. The second-order valence-electron chi connectivity index (χ2n) is 3.08. The predicted octanol–water partition coefficient (Wildman–Crippen LogP) is 1.97. The molecular formula is C12H14O3S. The number of benzene rings is 1. The van der Waals surface area contributed by atoms with Crippen LogP contribution >= 0.6 is 0 Å². The molecule has 0 radical (unpaired) electrons. The average Bonchev–Trinajstić information content (AvgIpc) is 2.29. The maximum Gasteiger partial charge on any atom is 0.318 e. The quantitative estimate of drug-likeness (QED) is 0.737. The molecule has 1 rings (SSSR count). The van der Waals surface area contributed by atoms with Crippen LogP contribution < -0.4 is 0 Å². The first-order valence-corrected chi connectivity index (χ1v) is 6.25. The van der Waals surface area contributed by atoms with E-state index >= 15 is 0 Å². The Labute approximate surface area is 97.6 Å². The molecule has 0 saturated heterocycles. The van der Waals surface area contributed by atoms with Gasteiger partial charge in [-0.15, -0.1) is 0 Å². The van der Waals surface area contributed by atoms with Crippen LogP contribution in [-0.2, 0) is 20.3 Å². The average molecular weight is 238 g/mol. The zero-order valence-corrected chi connectivity index (χ0v) is 9.96. The van der Waals surface area contributed by atoms with Gasteiger partial charge in [-0.05, 0) is 12.5 Å². The van der Waals surface area contributed by atoms with E-state index in [0.29, 0.717) is 11.5 Å². The van der Waals surface area contributed by atoms with E-state index in [-0.39, 0.29) is 5.75 Å². The summed E-state index contributed by atoms with van der Waals surface area (Å²) >= 11 is 0. The molecule has 0 aliphatic heterocycles. The highest BCUT2D eigenvalue weighted by molar-refractivity contribution is 7.95. The van der Waals surface area contributed by atoms with Crippen LogP contribution in [-0.4, -0.2) is 22.5 Å². The van der Waals surface area contributed by atoms with Crippen molar-refractivity contribution in [2.24, 2.45) is 0 Å². The third-order valence-electron chi connectivity index (χ3n) is 1.92. The first-order chi connectivity index (χ1) is 7.65. The number of ether oxygens (including phenoxy) is 1. The lowest BCUT2D eigenvalue weighted by atomic mass is 10.2. The van der Waals surface area contributed by atoms with Crippen LogP contribution in [0.2, 0.25) is 0 Å². The van der Waals surface area contributed by atoms with Gasteiger partial charge in [-0.1, -0.05) is 36.9 Å². The molecule has 3 nitrogen and oxygen atoms in total. The van der Waals surface area contributed by atoms with Crippen molar-refractivity contribution >= 4 is 21.7 Å². The van der Waals surface area contributed by atoms with Crippen molar-refractivity contribution in [2.75, 3.05) is 12.4 Å². The first-order valence-electron chi connectivity index (χ1n) is 4.93. The molecule has 0 amide bonds. The van der Waals surface area contributed by atoms with Crippen LogP contribution in [0.3, 0.4) is 0 Å². The van der Waals surface area contributed by atoms with Gasteiger partial charge in [0.15, 0.2) is 0 Å². The van der Waals surface area contributed by atoms with E-state index in [1.54, 1.807) is 6.92 Å². The highest BCUT2D eigenvalue weighted by Gasteiger charge is 2.12. The first kappa shape index (κ1) is 12.6. The summed E-state index contributed by atoms with van der Waals surface area (Å²) in [5.74, 6) is -0.598. The molecule has 1 aromatic rings. The monoisotopic (exact) mass is 238 g/mol. The highest BCUT2D eigenvalue weighted by Crippen LogP contribution is 2.15. The summed E-state index contributed by atoms with van der Waals surface area (Å²) in [5, 5.41) is 0. The molecule has 0 N–H and O–H groups in total. The van der Waals surface area contributed by atoms with E-state index in [1.807, 2.05) is 30.3 Å². The standard InChI is InChI=1S/C12H14O3S/c1-3-15-12(13)9-16(14)10(2)11-7-5-4-6-8-11/h4-8H,2-3,9H2,1H3/t16-/m0/s1. The summed E-state index contributed by atoms with van der Waals surface area (Å²) in [6, 6.07) is 9.16. The van der Waals surface area contributed by atoms with Gasteiger partial charge >= 0.3 is 5.97 Å². The fourth-order valence-electron chi connectivity index (χ4n) is 1.15. The molecular weight excluding hydrogens is 224 g/mol. The molecule has 1 atom stereocenters. The maximum atomic E-state index is 11.7. The van der Waals surface area contributed by atoms with E-state index in [0.717, 1.165) is 5.56 Å². The largest absolute Gasteiger partial charge is 0.465 e. The van der Waals surface area contributed by atoms with Crippen LogP contribution in [0.1, 0.15) is 12.5 Å². The Morgan fingerprint density at radius 3 is 2.56 bits per heavy atom. The predicted molar refractivity (Wildman–Crippen MR) is 65.1 cm³/mol. The van der Waals surface area contributed by atoms with Crippen molar-refractivity contribution in [3.63, 3.8) is 0 Å². The SMILES string of the molecule is C=C(c1ccccc1)[S@@](=O)CC(=O)OCC. The number of rotatable bonds is 5. The summed E-state index contributed by atoms with van der Waals surface area (Å²) in [4.78, 5) is 11.6. The van der Waals surface area contributed by atoms with E-state index in [9.17, 15) is 9.00 Å². The van der Waals surface area contributed by atoms with Crippen molar-refractivity contribution in [1.29, 1.82) is 0 Å². The summed E-state index contributed by atoms with van der Waals surface area (Å²) in [6.07, 6.45) is 0. The zero-order valence-electron chi connectivity index (χ0n) is 9.14. The van der Waals surface area contributed by atoms with Gasteiger partial charge in [0, 0.05) is 4.91 Å². The Kier molecular flexibility index (Phi) is 4.92. The van der Waals surface area contributed by atoms with Gasteiger partial charge in [-0.2, -0.15) is 0 Å². The number of hydrogen-bond donors (Lipinski definition) is 0. The summed E-state index contributed by atoms with van der Waals surface area (Å²) in [6.45, 7) is 5.74. The summed E-state index contributed by atoms with van der Waals surface area (Å²) < 4.78 is 16.5. The highest BCUT2D eigenvalue weighted by atomic mass is 32.2. The van der Waals surface area contributed by atoms with Crippen molar-refractivity contribution in [2.45, 2.75) is 6.92 Å². The second-order valence-corrected chi connectivity index (χ2v) is 4.56. The molecule has 0 aliphatic carbocycles. The number of hydrogen-bond acceptors (Lipinski definition) is 3. The van der Waals surface area contributed by atoms with Crippen LogP contribution in [0.25, 0.3) is 4.91 Å². The lowest BCUT2D eigenvalue weighted by molar-refractivity contribution is -0.139. The third-order valence-corrected chi connectivity index (χ3v) is 3.21. The van der Waals surface area contributed by atoms with Crippen molar-refractivity contribution in [1.82, 2.24) is 0 Å². The van der Waals surface area contributed by atoms with Crippen molar-refractivity contribution in [3.8, 4) is 0 Å². The fraction of sp³-hybridized carbons (Fsp3) is 0.250. The second kappa shape index (κ2) is 6.23. The molecule has 0 spiro atoms. The van der Waals surface area contributed by atoms with Crippen LogP contribution in [0.4, 0.5) is 0 Å². The number of carbonyl (C=O) groups is 1. The molecule has 0 aromatic heterocycles. The van der Waals surface area contributed by atoms with Crippen LogP contribution in [0, 0.1) is 0 Å². The van der Waals surface area contributed by atoms with E-state index in [2.05, 4.69) is 6.58 Å². The van der Waals surface area contributed by atoms with Crippen LogP contribution in [0.15, 0.2) is 36.9 Å². The fourth-order valence-corrected chi connectivity index (χ4v) is 2.02. The number of carbonyl (C=O) groups excluding carboxylic acids is 1. The van der Waals surface area contributed by atoms with E-state index in [1.165, 1.54) is 0 Å². The summed E-state index contributed by atoms with van der Waals surface area (Å²) in [7, 11) is -1.42. The van der Waals surface area contributed by atoms with Gasteiger partial charge in [0.1, 0.15) is 5.75 Å². The lowest BCUT2D eigenvalue weighted by Gasteiger charge is -2.05.